The Labute approximate surface area is 715 Å². The molecule has 0 aliphatic heterocycles. The van der Waals surface area contributed by atoms with E-state index in [1.807, 2.05) is 164 Å². The summed E-state index contributed by atoms with van der Waals surface area (Å²) in [6.07, 6.45) is 0. The predicted molar refractivity (Wildman–Crippen MR) is 505 cm³/mol. The summed E-state index contributed by atoms with van der Waals surface area (Å²) in [6, 6.07) is 137. The van der Waals surface area contributed by atoms with E-state index in [4.69, 9.17) is 51.5 Å². The first kappa shape index (κ1) is 78.3. The van der Waals surface area contributed by atoms with Gasteiger partial charge in [0.25, 0.3) is 0 Å². The standard InChI is InChI=1S/C55H40N4.C34H25BN2O2.C21H17ClN2/c1-36(2)49-32-30-43-29-31-47-48(34-50(40-15-8-4-9-16-40)57-54(47)53(43)56-49)46-20-12-19-45(33-46)39-23-27-42(28-24-39)52-35-51(58-55(59-52)44-17-10-5-11-18-44)41-25-21-38(22-26-41)37-13-6-3-7-14-37;38-35(39)31-13-7-12-30(22-31)26-16-20-28(21-17-26)33-23-32(36-34(37-33)29-10-5-2-6-11-29)27-18-14-25(15-19-27)24-8-3-1-4-9-24;1-13(2)18-11-9-15-8-10-16-17(22)12-19(14-6-4-3-5-7-14)24-21(16)20(15)23-18/h3-36H,1-2H3;1-23,38-39H;3-13H,1-2H3. The summed E-state index contributed by atoms with van der Waals surface area (Å²) in [7, 11) is -1.50. The van der Waals surface area contributed by atoms with Gasteiger partial charge in [-0.3, -0.25) is 9.97 Å². The lowest BCUT2D eigenvalue weighted by Gasteiger charge is -2.14. The van der Waals surface area contributed by atoms with Crippen molar-refractivity contribution in [3.63, 3.8) is 0 Å². The van der Waals surface area contributed by atoms with Gasteiger partial charge in [0.1, 0.15) is 0 Å². The van der Waals surface area contributed by atoms with Crippen LogP contribution in [0.5, 0.6) is 0 Å². The predicted octanol–water partition coefficient (Wildman–Crippen LogP) is 27.1. The van der Waals surface area contributed by atoms with Crippen LogP contribution in [0, 0.1) is 0 Å². The zero-order valence-electron chi connectivity index (χ0n) is 67.7. The molecule has 122 heavy (non-hydrogen) atoms. The lowest BCUT2D eigenvalue weighted by molar-refractivity contribution is 0.426. The van der Waals surface area contributed by atoms with Gasteiger partial charge >= 0.3 is 7.12 Å². The third-order valence-corrected chi connectivity index (χ3v) is 22.4. The van der Waals surface area contributed by atoms with Gasteiger partial charge in [0.15, 0.2) is 11.6 Å². The molecule has 6 aromatic heterocycles. The molecule has 0 atom stereocenters. The van der Waals surface area contributed by atoms with Gasteiger partial charge in [0.2, 0.25) is 0 Å². The van der Waals surface area contributed by atoms with Crippen LogP contribution < -0.4 is 5.46 Å². The Bertz CT molecular complexity index is 7120. The van der Waals surface area contributed by atoms with Crippen molar-refractivity contribution in [2.24, 2.45) is 0 Å². The van der Waals surface area contributed by atoms with E-state index in [1.165, 1.54) is 16.7 Å². The molecular formula is C110H82BClN8O2. The first-order valence-electron chi connectivity index (χ1n) is 41.1. The smallest absolute Gasteiger partial charge is 0.423 e. The molecule has 0 amide bonds. The number of halogens is 1. The van der Waals surface area contributed by atoms with Crippen LogP contribution >= 0.6 is 11.6 Å². The fourth-order valence-corrected chi connectivity index (χ4v) is 15.6. The minimum absolute atomic E-state index is 0.314. The van der Waals surface area contributed by atoms with E-state index < -0.39 is 7.12 Å². The molecule has 0 aliphatic carbocycles. The normalized spacial score (nSPS) is 11.2. The van der Waals surface area contributed by atoms with Crippen molar-refractivity contribution in [3.05, 3.63) is 417 Å². The Morgan fingerprint density at radius 1 is 0.221 bits per heavy atom. The first-order valence-corrected chi connectivity index (χ1v) is 41.4. The van der Waals surface area contributed by atoms with Crippen molar-refractivity contribution in [2.45, 2.75) is 39.5 Å². The van der Waals surface area contributed by atoms with Crippen LogP contribution in [0.15, 0.2) is 400 Å². The molecule has 14 aromatic carbocycles. The molecule has 10 nitrogen and oxygen atoms in total. The molecular weight excluding hydrogens is 1510 g/mol. The number of rotatable bonds is 16. The van der Waals surface area contributed by atoms with Crippen molar-refractivity contribution >= 4 is 67.8 Å². The summed E-state index contributed by atoms with van der Waals surface area (Å²) < 4.78 is 0. The lowest BCUT2D eigenvalue weighted by Crippen LogP contribution is -2.29. The molecule has 0 bridgehead atoms. The van der Waals surface area contributed by atoms with Crippen molar-refractivity contribution in [2.75, 3.05) is 0 Å². The van der Waals surface area contributed by atoms with Gasteiger partial charge in [-0.05, 0) is 115 Å². The Morgan fingerprint density at radius 2 is 0.508 bits per heavy atom. The molecule has 0 aliphatic rings. The van der Waals surface area contributed by atoms with Crippen molar-refractivity contribution < 1.29 is 10.0 Å². The Morgan fingerprint density at radius 3 is 0.902 bits per heavy atom. The van der Waals surface area contributed by atoms with E-state index in [2.05, 4.69) is 252 Å². The average molecular weight is 1590 g/mol. The summed E-state index contributed by atoms with van der Waals surface area (Å²) in [6.45, 7) is 8.67. The Hall–Kier alpha value is -14.8. The second kappa shape index (κ2) is 35.4. The summed E-state index contributed by atoms with van der Waals surface area (Å²) in [5.74, 6) is 2.06. The van der Waals surface area contributed by atoms with Gasteiger partial charge in [0, 0.05) is 77.4 Å². The van der Waals surface area contributed by atoms with E-state index >= 15 is 0 Å². The molecule has 20 aromatic rings. The second-order valence-electron chi connectivity index (χ2n) is 30.9. The Kier molecular flexibility index (Phi) is 22.7. The van der Waals surface area contributed by atoms with E-state index in [1.54, 1.807) is 12.1 Å². The molecule has 0 saturated heterocycles. The SMILES string of the molecule is CC(C)c1ccc2ccc3c(-c4cccc(-c5ccc(-c6cc(-c7ccc(-c8ccccc8)cc7)nc(-c7ccccc7)n6)cc5)c4)cc(-c4ccccc4)nc3c2n1.CC(C)c1ccc2ccc3c(Cl)cc(-c4ccccc4)nc3c2n1.OB(O)c1cccc(-c2ccc(-c3cc(-c4ccc(-c5ccccc5)cc4)nc(-c4ccccc4)n3)cc2)c1. The average Bonchev–Trinajstić information content (AvgIpc) is 0.754. The maximum absolute atomic E-state index is 9.54. The number of pyridine rings is 4. The van der Waals surface area contributed by atoms with E-state index in [-0.39, 0.29) is 0 Å². The zero-order chi connectivity index (χ0) is 83.0. The van der Waals surface area contributed by atoms with Crippen LogP contribution in [0.3, 0.4) is 0 Å². The van der Waals surface area contributed by atoms with Crippen molar-refractivity contribution in [1.29, 1.82) is 0 Å². The molecule has 0 saturated carbocycles. The van der Waals surface area contributed by atoms with Gasteiger partial charge in [-0.1, -0.05) is 397 Å². The molecule has 20 rings (SSSR count). The lowest BCUT2D eigenvalue weighted by atomic mass is 9.79. The van der Waals surface area contributed by atoms with Gasteiger partial charge in [-0.2, -0.15) is 0 Å². The molecule has 0 unspecified atom stereocenters. The fourth-order valence-electron chi connectivity index (χ4n) is 15.4. The second-order valence-corrected chi connectivity index (χ2v) is 31.3. The van der Waals surface area contributed by atoms with Gasteiger partial charge in [-0.15, -0.1) is 0 Å². The monoisotopic (exact) mass is 1590 g/mol. The zero-order valence-corrected chi connectivity index (χ0v) is 68.4. The highest BCUT2D eigenvalue weighted by molar-refractivity contribution is 6.58. The van der Waals surface area contributed by atoms with Crippen LogP contribution in [-0.2, 0) is 0 Å². The summed E-state index contributed by atoms with van der Waals surface area (Å²) in [5.41, 5.74) is 30.7. The minimum atomic E-state index is -1.50. The third kappa shape index (κ3) is 17.3. The highest BCUT2D eigenvalue weighted by atomic mass is 35.5. The van der Waals surface area contributed by atoms with Crippen LogP contribution in [0.1, 0.15) is 50.9 Å². The van der Waals surface area contributed by atoms with Crippen LogP contribution in [-0.4, -0.2) is 57.0 Å². The first-order chi connectivity index (χ1) is 59.8. The van der Waals surface area contributed by atoms with E-state index in [0.29, 0.717) is 34.0 Å². The summed E-state index contributed by atoms with van der Waals surface area (Å²) >= 11 is 6.55. The van der Waals surface area contributed by atoms with E-state index in [0.717, 1.165) is 173 Å². The summed E-state index contributed by atoms with van der Waals surface area (Å²) in [4.78, 5) is 40.2. The number of hydrogen-bond donors (Lipinski definition) is 2. The molecule has 2 N–H and O–H groups in total. The molecule has 0 spiro atoms. The van der Waals surface area contributed by atoms with Crippen LogP contribution in [0.25, 0.3) is 190 Å². The highest BCUT2D eigenvalue weighted by Crippen LogP contribution is 2.40. The number of aromatic nitrogens is 8. The maximum Gasteiger partial charge on any atom is 0.488 e. The van der Waals surface area contributed by atoms with E-state index in [9.17, 15) is 10.0 Å². The topological polar surface area (TPSA) is 144 Å². The van der Waals surface area contributed by atoms with Crippen LogP contribution in [0.2, 0.25) is 5.02 Å². The van der Waals surface area contributed by atoms with Gasteiger partial charge in [0.05, 0.1) is 61.3 Å². The highest BCUT2D eigenvalue weighted by Gasteiger charge is 2.20. The van der Waals surface area contributed by atoms with Crippen molar-refractivity contribution in [3.8, 4) is 146 Å². The number of hydrogen-bond acceptors (Lipinski definition) is 10. The molecule has 584 valence electrons. The Balaban J connectivity index is 0.000000138. The van der Waals surface area contributed by atoms with Gasteiger partial charge < -0.3 is 10.0 Å². The molecule has 0 fully saturated rings. The quantitative estimate of drug-likeness (QED) is 0.0709. The van der Waals surface area contributed by atoms with Gasteiger partial charge in [-0.25, -0.2) is 29.9 Å². The summed E-state index contributed by atoms with van der Waals surface area (Å²) in [5, 5.41) is 24.0. The number of fused-ring (bicyclic) bond motifs is 6. The minimum Gasteiger partial charge on any atom is -0.423 e. The maximum atomic E-state index is 9.54. The third-order valence-electron chi connectivity index (χ3n) is 22.1. The van der Waals surface area contributed by atoms with Crippen molar-refractivity contribution in [1.82, 2.24) is 39.9 Å². The molecule has 6 heterocycles. The molecule has 0 radical (unpaired) electrons. The number of nitrogens with zero attached hydrogens (tertiary/aromatic N) is 8. The number of benzene rings is 14. The fraction of sp³-hybridized carbons (Fsp3) is 0.0545. The largest absolute Gasteiger partial charge is 0.488 e. The van der Waals surface area contributed by atoms with Crippen LogP contribution in [0.4, 0.5) is 0 Å². The molecule has 12 heteroatoms.